The number of urea groups is 1. The van der Waals surface area contributed by atoms with Crippen molar-refractivity contribution >= 4 is 71.5 Å². The van der Waals surface area contributed by atoms with Crippen LogP contribution in [-0.2, 0) is 28.8 Å². The second-order valence-electron chi connectivity index (χ2n) is 12.6. The number of benzene rings is 2. The number of nitrogens with one attached hydrogen (secondary N) is 4. The van der Waals surface area contributed by atoms with Gasteiger partial charge in [-0.1, -0.05) is 35.0 Å². The fraction of sp³-hybridized carbons (Fsp3) is 0.250. The number of carboxylic acid groups (broad SMARTS) is 1. The van der Waals surface area contributed by atoms with Crippen molar-refractivity contribution in [1.29, 1.82) is 0 Å². The first-order valence-corrected chi connectivity index (χ1v) is 19.2. The molecule has 4 heterocycles. The van der Waals surface area contributed by atoms with E-state index in [1.807, 2.05) is 0 Å². The average molecular weight is 819 g/mol. The predicted molar refractivity (Wildman–Crippen MR) is 198 cm³/mol. The van der Waals surface area contributed by atoms with E-state index in [1.165, 1.54) is 58.0 Å². The second kappa shape index (κ2) is 16.6. The number of nitrogens with zero attached hydrogens (tertiary/aromatic N) is 4. The number of carbonyl (C=O) groups excluding carboxylic acids is 8. The molecule has 6 N–H and O–H groups in total. The lowest BCUT2D eigenvalue weighted by molar-refractivity contribution is -0.641. The van der Waals surface area contributed by atoms with Gasteiger partial charge in [-0.3, -0.25) is 38.6 Å². The summed E-state index contributed by atoms with van der Waals surface area (Å²) >= 11 is 2.29. The Balaban J connectivity index is 1.16. The van der Waals surface area contributed by atoms with E-state index in [-0.39, 0.29) is 54.4 Å². The highest BCUT2D eigenvalue weighted by Crippen LogP contribution is 2.46. The number of pyridine rings is 1. The number of aromatic nitrogens is 1. The maximum Gasteiger partial charge on any atom is 0.325 e. The molecule has 0 aliphatic carbocycles. The van der Waals surface area contributed by atoms with Crippen LogP contribution in [0.3, 0.4) is 0 Å². The summed E-state index contributed by atoms with van der Waals surface area (Å²) in [5.41, 5.74) is 0.641. The number of likely N-dealkylation sites (N-methyl/N-ethyl adjacent to an activating group) is 1. The maximum atomic E-state index is 14.0. The first-order valence-electron chi connectivity index (χ1n) is 17.1. The van der Waals surface area contributed by atoms with E-state index in [0.29, 0.717) is 15.4 Å². The number of phenols is 2. The smallest absolute Gasteiger partial charge is 0.325 e. The molecule has 2 aromatic carbocycles. The minimum absolute atomic E-state index is 0.0456. The monoisotopic (exact) mass is 818 g/mol. The molecule has 296 valence electrons. The molecule has 3 atom stereocenters. The average Bonchev–Trinajstić information content (AvgIpc) is 3.20. The van der Waals surface area contributed by atoms with Crippen LogP contribution in [0.15, 0.2) is 89.2 Å². The number of hydrogen-bond donors (Lipinski definition) is 6. The van der Waals surface area contributed by atoms with Crippen molar-refractivity contribution < 1.29 is 58.4 Å². The molecule has 0 bridgehead atoms. The Morgan fingerprint density at radius 1 is 1.02 bits per heavy atom. The molecular weight excluding hydrogens is 785 g/mol. The second-order valence-corrected chi connectivity index (χ2v) is 14.8. The molecule has 2 fully saturated rings. The van der Waals surface area contributed by atoms with E-state index in [0.717, 1.165) is 22.7 Å². The van der Waals surface area contributed by atoms with Gasteiger partial charge in [0.25, 0.3) is 5.91 Å². The summed E-state index contributed by atoms with van der Waals surface area (Å²) in [7, 11) is 0. The summed E-state index contributed by atoms with van der Waals surface area (Å²) in [6.07, 6.45) is 3.22. The summed E-state index contributed by atoms with van der Waals surface area (Å²) in [6.45, 7) is 1.89. The van der Waals surface area contributed by atoms with E-state index < -0.39 is 70.1 Å². The highest BCUT2D eigenvalue weighted by Gasteiger charge is 2.65. The van der Waals surface area contributed by atoms with Crippen LogP contribution in [0.1, 0.15) is 28.9 Å². The molecular formula is C36H34N8O11S2. The lowest BCUT2D eigenvalue weighted by Gasteiger charge is -2.57. The van der Waals surface area contributed by atoms with Crippen LogP contribution in [0.4, 0.5) is 4.79 Å². The van der Waals surface area contributed by atoms with Crippen LogP contribution in [-0.4, -0.2) is 115 Å². The van der Waals surface area contributed by atoms with Crippen LogP contribution in [0, 0.1) is 0 Å². The Morgan fingerprint density at radius 2 is 1.74 bits per heavy atom. The van der Waals surface area contributed by atoms with E-state index >= 15 is 0 Å². The third-order valence-electron chi connectivity index (χ3n) is 9.23. The minimum Gasteiger partial charge on any atom is -0.543 e. The summed E-state index contributed by atoms with van der Waals surface area (Å²) in [5, 5.41) is 37.8. The quantitative estimate of drug-likeness (QED) is 0.0218. The van der Waals surface area contributed by atoms with Gasteiger partial charge in [0.2, 0.25) is 30.4 Å². The molecule has 0 saturated carbocycles. The number of phenolic OH excluding ortho intramolecular Hbond substituents is 2. The largest absolute Gasteiger partial charge is 0.543 e. The maximum absolute atomic E-state index is 14.0. The molecule has 0 unspecified atom stereocenters. The van der Waals surface area contributed by atoms with Gasteiger partial charge in [-0.2, -0.15) is 0 Å². The van der Waals surface area contributed by atoms with Gasteiger partial charge in [0.15, 0.2) is 11.5 Å². The molecule has 0 radical (unpaired) electrons. The van der Waals surface area contributed by atoms with Gasteiger partial charge in [0, 0.05) is 53.7 Å². The van der Waals surface area contributed by atoms with Crippen LogP contribution in [0.2, 0.25) is 0 Å². The zero-order chi connectivity index (χ0) is 41.0. The summed E-state index contributed by atoms with van der Waals surface area (Å²) in [4.78, 5) is 107. The summed E-state index contributed by atoms with van der Waals surface area (Å²) in [5.74, 6) is -6.87. The van der Waals surface area contributed by atoms with Gasteiger partial charge >= 0.3 is 23.8 Å². The number of carboxylic acids is 1. The number of rotatable bonds is 13. The zero-order valence-electron chi connectivity index (χ0n) is 29.9. The zero-order valence-corrected chi connectivity index (χ0v) is 31.5. The third-order valence-corrected chi connectivity index (χ3v) is 11.7. The Labute approximate surface area is 332 Å². The standard InChI is InChI=1S/C36H34N8O11S2/c1-2-41-14-15-43(31(51)30(41)50)35(55)38-26(20-6-4-3-5-7-20)29(49)39-36(37-19-45)33(54)44-27(32(52)53)22(18-57-34(36)44)17-56-23-10-12-42(13-11-23)40-28(48)21-8-9-24(46)25(47)16-21/h3-13,16,19,26,34H,2,14-15,17-18H2,1H3,(H6-,37,38,39,40,45,46,47,48,49,50,51,52,53,55)/t26-,34-,36-/m1/s1. The van der Waals surface area contributed by atoms with E-state index in [4.69, 9.17) is 0 Å². The lowest BCUT2D eigenvalue weighted by Crippen LogP contribution is -2.85. The van der Waals surface area contributed by atoms with Gasteiger partial charge < -0.3 is 41.0 Å². The predicted octanol–water partition coefficient (Wildman–Crippen LogP) is -1.52. The Bertz CT molecular complexity index is 2190. The normalized spacial score (nSPS) is 19.6. The van der Waals surface area contributed by atoms with Gasteiger partial charge in [-0.15, -0.1) is 28.9 Å². The highest BCUT2D eigenvalue weighted by molar-refractivity contribution is 8.01. The number of amides is 8. The van der Waals surface area contributed by atoms with Crippen molar-refractivity contribution in [3.63, 3.8) is 0 Å². The van der Waals surface area contributed by atoms with Crippen molar-refractivity contribution in [3.05, 3.63) is 95.5 Å². The molecule has 1 aromatic heterocycles. The van der Waals surface area contributed by atoms with Crippen molar-refractivity contribution in [2.75, 3.05) is 36.6 Å². The number of hydrogen-bond acceptors (Lipinski definition) is 13. The van der Waals surface area contributed by atoms with Gasteiger partial charge in [0.1, 0.15) is 11.4 Å². The van der Waals surface area contributed by atoms with Gasteiger partial charge in [-0.05, 0) is 36.3 Å². The molecule has 3 aliphatic rings. The van der Waals surface area contributed by atoms with Crippen molar-refractivity contribution in [3.8, 4) is 11.5 Å². The Kier molecular flexibility index (Phi) is 11.7. The molecule has 3 aromatic rings. The first kappa shape index (κ1) is 40.1. The third kappa shape index (κ3) is 7.91. The first-order chi connectivity index (χ1) is 27.3. The van der Waals surface area contributed by atoms with Crippen molar-refractivity contribution in [2.24, 2.45) is 0 Å². The molecule has 57 heavy (non-hydrogen) atoms. The van der Waals surface area contributed by atoms with Crippen LogP contribution >= 0.6 is 23.5 Å². The topological polar surface area (TPSA) is 262 Å². The molecule has 21 heteroatoms. The number of aromatic hydroxyl groups is 2. The fourth-order valence-electron chi connectivity index (χ4n) is 6.28. The number of aliphatic carboxylic acids is 1. The van der Waals surface area contributed by atoms with Gasteiger partial charge in [0.05, 0.1) is 11.7 Å². The number of imide groups is 1. The fourth-order valence-corrected chi connectivity index (χ4v) is 8.73. The van der Waals surface area contributed by atoms with Crippen molar-refractivity contribution in [2.45, 2.75) is 28.9 Å². The van der Waals surface area contributed by atoms with E-state index in [9.17, 15) is 53.7 Å². The summed E-state index contributed by atoms with van der Waals surface area (Å²) < 4.78 is 1.34. The van der Waals surface area contributed by atoms with Gasteiger partial charge in [-0.25, -0.2) is 4.79 Å². The SMILES string of the molecule is CCN1CCN(C(=O)N[C@@H](C(=O)N[C@]2(NC=O)C(=O)N3C(C(=O)[O-])=C(CSc4cc[n+](NC(=O)c5ccc(O)c(O)c5)cc4)CS[C@@H]32)c2ccccc2)C(=O)C1=O. The van der Waals surface area contributed by atoms with Crippen LogP contribution < -0.4 is 31.2 Å². The van der Waals surface area contributed by atoms with E-state index in [2.05, 4.69) is 21.4 Å². The molecule has 6 rings (SSSR count). The Hall–Kier alpha value is -6.61. The molecule has 19 nitrogen and oxygen atoms in total. The number of fused-ring (bicyclic) bond motifs is 1. The van der Waals surface area contributed by atoms with Crippen molar-refractivity contribution in [1.82, 2.24) is 30.7 Å². The minimum atomic E-state index is -2.14. The molecule has 8 amide bonds. The molecule has 0 spiro atoms. The molecule has 3 aliphatic heterocycles. The van der Waals surface area contributed by atoms with Crippen LogP contribution in [0.25, 0.3) is 0 Å². The van der Waals surface area contributed by atoms with E-state index in [1.54, 1.807) is 37.3 Å². The number of piperazine rings is 1. The Morgan fingerprint density at radius 3 is 2.39 bits per heavy atom. The highest BCUT2D eigenvalue weighted by atomic mass is 32.2. The number of β-lactam (4-membered cyclic amide) rings is 1. The number of thioether (sulfide) groups is 2. The summed E-state index contributed by atoms with van der Waals surface area (Å²) in [6, 6.07) is 12.1. The lowest BCUT2D eigenvalue weighted by atomic mass is 9.94. The number of carbonyl (C=O) groups is 8. The molecule has 2 saturated heterocycles. The van der Waals surface area contributed by atoms with Crippen LogP contribution in [0.5, 0.6) is 11.5 Å².